The molecule has 10 heteroatoms. The normalized spacial score (nSPS) is 11.8. The zero-order valence-corrected chi connectivity index (χ0v) is 23.8. The molecule has 0 amide bonds. The van der Waals surface area contributed by atoms with Crippen LogP contribution in [0.3, 0.4) is 0 Å². The minimum atomic E-state index is -0.750. The number of nitro benzene ring substituents is 2. The molecule has 0 saturated carbocycles. The summed E-state index contributed by atoms with van der Waals surface area (Å²) in [5.74, 6) is -0.135. The van der Waals surface area contributed by atoms with Gasteiger partial charge in [-0.05, 0) is 52.9 Å². The van der Waals surface area contributed by atoms with Crippen LogP contribution < -0.4 is 0 Å². The minimum absolute atomic E-state index is 0.0152. The van der Waals surface area contributed by atoms with Crippen LogP contribution in [0.2, 0.25) is 0 Å². The van der Waals surface area contributed by atoms with Crippen LogP contribution in [0.15, 0.2) is 97.1 Å². The van der Waals surface area contributed by atoms with E-state index >= 15 is 0 Å². The zero-order chi connectivity index (χ0) is 30.7. The van der Waals surface area contributed by atoms with Crippen molar-refractivity contribution in [2.24, 2.45) is 0 Å². The molecule has 0 aliphatic heterocycles. The number of esters is 1. The number of imidazole rings is 1. The van der Waals surface area contributed by atoms with E-state index in [2.05, 4.69) is 45.0 Å². The van der Waals surface area contributed by atoms with Crippen molar-refractivity contribution >= 4 is 40.2 Å². The van der Waals surface area contributed by atoms with Crippen LogP contribution >= 0.6 is 0 Å². The first-order chi connectivity index (χ1) is 20.5. The third-order valence-corrected chi connectivity index (χ3v) is 6.98. The van der Waals surface area contributed by atoms with Crippen LogP contribution in [0.5, 0.6) is 0 Å². The molecular formula is C33H28N4O6. The fourth-order valence-electron chi connectivity index (χ4n) is 4.58. The van der Waals surface area contributed by atoms with E-state index in [4.69, 9.17) is 9.72 Å². The summed E-state index contributed by atoms with van der Waals surface area (Å²) in [6.45, 7) is 6.96. The summed E-state index contributed by atoms with van der Waals surface area (Å²) in [4.78, 5) is 39.2. The molecule has 4 aromatic carbocycles. The Morgan fingerprint density at radius 3 is 1.93 bits per heavy atom. The van der Waals surface area contributed by atoms with E-state index in [9.17, 15) is 25.0 Å². The Hall–Kier alpha value is -5.64. The number of non-ortho nitro benzene ring substituents is 2. The second-order valence-corrected chi connectivity index (χ2v) is 11.0. The van der Waals surface area contributed by atoms with Gasteiger partial charge in [0.05, 0.1) is 26.4 Å². The molecule has 43 heavy (non-hydrogen) atoms. The van der Waals surface area contributed by atoms with E-state index in [0.29, 0.717) is 17.9 Å². The average molecular weight is 577 g/mol. The third kappa shape index (κ3) is 6.48. The fourth-order valence-corrected chi connectivity index (χ4v) is 4.58. The number of aromatic nitrogens is 2. The lowest BCUT2D eigenvalue weighted by atomic mass is 9.87. The minimum Gasteiger partial charge on any atom is -0.422 e. The van der Waals surface area contributed by atoms with Crippen molar-refractivity contribution in [3.63, 3.8) is 0 Å². The molecule has 0 N–H and O–H groups in total. The Kier molecular flexibility index (Phi) is 7.85. The molecular weight excluding hydrogens is 548 g/mol. The van der Waals surface area contributed by atoms with Crippen molar-refractivity contribution in [3.05, 3.63) is 145 Å². The van der Waals surface area contributed by atoms with Crippen molar-refractivity contribution in [1.29, 1.82) is 0 Å². The van der Waals surface area contributed by atoms with E-state index in [1.165, 1.54) is 54.1 Å². The predicted molar refractivity (Wildman–Crippen MR) is 163 cm³/mol. The molecule has 0 aliphatic carbocycles. The van der Waals surface area contributed by atoms with Crippen LogP contribution in [-0.4, -0.2) is 25.4 Å². The molecule has 216 valence electrons. The first-order valence-corrected chi connectivity index (χ1v) is 13.5. The molecule has 0 fully saturated rings. The van der Waals surface area contributed by atoms with Gasteiger partial charge in [-0.2, -0.15) is 0 Å². The van der Waals surface area contributed by atoms with E-state index in [1.807, 2.05) is 28.8 Å². The molecule has 10 nitrogen and oxygen atoms in total. The maximum absolute atomic E-state index is 13.2. The summed E-state index contributed by atoms with van der Waals surface area (Å²) >= 11 is 0. The predicted octanol–water partition coefficient (Wildman–Crippen LogP) is 7.55. The number of fused-ring (bicyclic) bond motifs is 1. The maximum Gasteiger partial charge on any atom is 0.343 e. The number of nitrogens with zero attached hydrogens (tertiary/aromatic N) is 4. The van der Waals surface area contributed by atoms with Gasteiger partial charge in [-0.15, -0.1) is 0 Å². The van der Waals surface area contributed by atoms with Crippen LogP contribution in [0.4, 0.5) is 11.4 Å². The average Bonchev–Trinajstić information content (AvgIpc) is 3.33. The number of nitro groups is 2. The number of hydrogen-bond donors (Lipinski definition) is 0. The number of benzene rings is 4. The highest BCUT2D eigenvalue weighted by molar-refractivity contribution is 5.95. The highest BCUT2D eigenvalue weighted by Gasteiger charge is 2.19. The smallest absolute Gasteiger partial charge is 0.343 e. The highest BCUT2D eigenvalue weighted by Crippen LogP contribution is 2.28. The number of hydrogen-bond acceptors (Lipinski definition) is 7. The van der Waals surface area contributed by atoms with E-state index in [1.54, 1.807) is 6.08 Å². The van der Waals surface area contributed by atoms with Gasteiger partial charge in [0, 0.05) is 42.4 Å². The van der Waals surface area contributed by atoms with E-state index in [0.717, 1.165) is 16.6 Å². The molecule has 1 aromatic heterocycles. The van der Waals surface area contributed by atoms with Gasteiger partial charge in [-0.3, -0.25) is 20.2 Å². The van der Waals surface area contributed by atoms with Crippen molar-refractivity contribution < 1.29 is 19.4 Å². The van der Waals surface area contributed by atoms with Gasteiger partial charge in [-0.1, -0.05) is 57.2 Å². The second-order valence-electron chi connectivity index (χ2n) is 11.0. The van der Waals surface area contributed by atoms with Gasteiger partial charge in [0.15, 0.2) is 0 Å². The lowest BCUT2D eigenvalue weighted by Crippen LogP contribution is -2.11. The van der Waals surface area contributed by atoms with Gasteiger partial charge in [0.2, 0.25) is 0 Å². The third-order valence-electron chi connectivity index (χ3n) is 6.98. The van der Waals surface area contributed by atoms with Crippen molar-refractivity contribution in [2.75, 3.05) is 0 Å². The van der Waals surface area contributed by atoms with Crippen LogP contribution in [0.1, 0.15) is 53.6 Å². The molecule has 0 spiro atoms. The largest absolute Gasteiger partial charge is 0.422 e. The molecule has 0 atom stereocenters. The van der Waals surface area contributed by atoms with Gasteiger partial charge in [0.1, 0.15) is 11.6 Å². The van der Waals surface area contributed by atoms with Crippen LogP contribution in [-0.2, 0) is 16.7 Å². The number of ether oxygens (including phenoxy) is 1. The monoisotopic (exact) mass is 576 g/mol. The number of para-hydroxylation sites is 2. The summed E-state index contributed by atoms with van der Waals surface area (Å²) in [5.41, 5.74) is 4.13. The standard InChI is InChI=1S/C33H28N4O6/c1-33(2,3)25-14-8-22(9-15-25)21-35-29-7-5-4-6-28(29)34-31(35)20-30(23-10-16-26(17-11-23)36(39)40)43-32(38)24-12-18-27(19-13-24)37(41)42/h4-20H,21H2,1-3H3/b30-20+. The zero-order valence-electron chi connectivity index (χ0n) is 23.8. The molecule has 1 heterocycles. The van der Waals surface area contributed by atoms with Crippen molar-refractivity contribution in [3.8, 4) is 0 Å². The molecule has 0 saturated heterocycles. The Morgan fingerprint density at radius 2 is 1.37 bits per heavy atom. The molecule has 0 radical (unpaired) electrons. The lowest BCUT2D eigenvalue weighted by molar-refractivity contribution is -0.385. The molecule has 0 unspecified atom stereocenters. The van der Waals surface area contributed by atoms with Gasteiger partial charge in [0.25, 0.3) is 11.4 Å². The van der Waals surface area contributed by atoms with E-state index in [-0.39, 0.29) is 28.1 Å². The quantitative estimate of drug-likeness (QED) is 0.0806. The van der Waals surface area contributed by atoms with Crippen molar-refractivity contribution in [1.82, 2.24) is 9.55 Å². The summed E-state index contributed by atoms with van der Waals surface area (Å²) in [6, 6.07) is 26.7. The van der Waals surface area contributed by atoms with Gasteiger partial charge >= 0.3 is 5.97 Å². The Morgan fingerprint density at radius 1 is 0.814 bits per heavy atom. The SMILES string of the molecule is CC(C)(C)c1ccc(Cn2c(/C=C(/OC(=O)c3ccc([N+](=O)[O-])cc3)c3ccc([N+](=O)[O-])cc3)nc3ccccc32)cc1. The van der Waals surface area contributed by atoms with Gasteiger partial charge < -0.3 is 9.30 Å². The van der Waals surface area contributed by atoms with Crippen molar-refractivity contribution in [2.45, 2.75) is 32.7 Å². The maximum atomic E-state index is 13.2. The highest BCUT2D eigenvalue weighted by atomic mass is 16.6. The topological polar surface area (TPSA) is 130 Å². The first kappa shape index (κ1) is 28.9. The summed E-state index contributed by atoms with van der Waals surface area (Å²) < 4.78 is 7.82. The van der Waals surface area contributed by atoms with Gasteiger partial charge in [-0.25, -0.2) is 9.78 Å². The summed E-state index contributed by atoms with van der Waals surface area (Å²) in [5, 5.41) is 22.3. The number of carbonyl (C=O) groups is 1. The summed E-state index contributed by atoms with van der Waals surface area (Å²) in [7, 11) is 0. The molecule has 5 aromatic rings. The van der Waals surface area contributed by atoms with Crippen LogP contribution in [0, 0.1) is 20.2 Å². The number of rotatable bonds is 8. The molecule has 5 rings (SSSR count). The fraction of sp³-hybridized carbons (Fsp3) is 0.152. The Balaban J connectivity index is 1.58. The number of carbonyl (C=O) groups excluding carboxylic acids is 1. The lowest BCUT2D eigenvalue weighted by Gasteiger charge is -2.19. The van der Waals surface area contributed by atoms with Crippen LogP contribution in [0.25, 0.3) is 22.9 Å². The molecule has 0 aliphatic rings. The second kappa shape index (κ2) is 11.7. The Bertz CT molecular complexity index is 1850. The van der Waals surface area contributed by atoms with E-state index < -0.39 is 15.8 Å². The summed E-state index contributed by atoms with van der Waals surface area (Å²) in [6.07, 6.45) is 1.62. The first-order valence-electron chi connectivity index (χ1n) is 13.5. The molecule has 0 bridgehead atoms. The Labute approximate surface area is 247 Å².